The molecule has 0 saturated carbocycles. The normalized spacial score (nSPS) is 21.8. The van der Waals surface area contributed by atoms with Crippen LogP contribution < -0.4 is 5.32 Å². The summed E-state index contributed by atoms with van der Waals surface area (Å²) in [5.74, 6) is -1.58. The minimum atomic E-state index is -3.43. The molecule has 134 valence electrons. The molecule has 0 radical (unpaired) electrons. The second kappa shape index (κ2) is 8.18. The summed E-state index contributed by atoms with van der Waals surface area (Å²) in [5, 5.41) is 3.91. The Morgan fingerprint density at radius 2 is 2.08 bits per heavy atom. The first-order valence-corrected chi connectivity index (χ1v) is 9.35. The van der Waals surface area contributed by atoms with Gasteiger partial charge in [0.15, 0.2) is 6.10 Å². The highest BCUT2D eigenvalue weighted by atomic mass is 31.2. The van der Waals surface area contributed by atoms with Crippen molar-refractivity contribution in [2.75, 3.05) is 25.6 Å². The maximum Gasteiger partial charge on any atom is 0.350 e. The SMILES string of the molecule is CCOP(=O)(OCC)[C@@H]1C[C@@H](C(=O)Nc2cccc(F)c2)ON1C. The van der Waals surface area contributed by atoms with Gasteiger partial charge in [0.05, 0.1) is 13.2 Å². The molecule has 0 bridgehead atoms. The number of halogens is 1. The van der Waals surface area contributed by atoms with Gasteiger partial charge in [-0.2, -0.15) is 5.06 Å². The summed E-state index contributed by atoms with van der Waals surface area (Å²) in [6, 6.07) is 5.56. The van der Waals surface area contributed by atoms with Crippen LogP contribution >= 0.6 is 7.60 Å². The monoisotopic (exact) mass is 360 g/mol. The number of carbonyl (C=O) groups excluding carboxylic acids is 1. The average molecular weight is 360 g/mol. The molecule has 1 amide bonds. The molecule has 9 heteroatoms. The Morgan fingerprint density at radius 3 is 2.67 bits per heavy atom. The molecule has 2 atom stereocenters. The van der Waals surface area contributed by atoms with E-state index in [-0.39, 0.29) is 19.6 Å². The summed E-state index contributed by atoms with van der Waals surface area (Å²) in [5.41, 5.74) is 0.326. The summed E-state index contributed by atoms with van der Waals surface area (Å²) < 4.78 is 36.7. The fourth-order valence-corrected chi connectivity index (χ4v) is 4.54. The lowest BCUT2D eigenvalue weighted by Crippen LogP contribution is -2.28. The molecule has 1 aliphatic heterocycles. The minimum Gasteiger partial charge on any atom is -0.324 e. The van der Waals surface area contributed by atoms with E-state index in [1.807, 2.05) is 0 Å². The van der Waals surface area contributed by atoms with Crippen molar-refractivity contribution in [3.05, 3.63) is 30.1 Å². The van der Waals surface area contributed by atoms with E-state index in [1.54, 1.807) is 27.0 Å². The molecule has 1 saturated heterocycles. The van der Waals surface area contributed by atoms with Crippen LogP contribution in [0.15, 0.2) is 24.3 Å². The Hall–Kier alpha value is -1.31. The molecule has 7 nitrogen and oxygen atoms in total. The lowest BCUT2D eigenvalue weighted by Gasteiger charge is -2.25. The number of nitrogens with one attached hydrogen (secondary N) is 1. The Bertz CT molecular complexity index is 620. The summed E-state index contributed by atoms with van der Waals surface area (Å²) in [4.78, 5) is 17.8. The van der Waals surface area contributed by atoms with Gasteiger partial charge in [-0.25, -0.2) is 4.39 Å². The molecule has 0 aliphatic carbocycles. The number of rotatable bonds is 7. The van der Waals surface area contributed by atoms with Crippen LogP contribution in [0.5, 0.6) is 0 Å². The number of carbonyl (C=O) groups is 1. The Morgan fingerprint density at radius 1 is 1.42 bits per heavy atom. The van der Waals surface area contributed by atoms with Gasteiger partial charge < -0.3 is 14.4 Å². The first-order chi connectivity index (χ1) is 11.4. The highest BCUT2D eigenvalue weighted by Gasteiger charge is 2.48. The fraction of sp³-hybridized carbons (Fsp3) is 0.533. The summed E-state index contributed by atoms with van der Waals surface area (Å²) >= 11 is 0. The van der Waals surface area contributed by atoms with Crippen LogP contribution in [-0.2, 0) is 23.2 Å². The summed E-state index contributed by atoms with van der Waals surface area (Å²) in [7, 11) is -1.86. The molecule has 1 aromatic rings. The first-order valence-electron chi connectivity index (χ1n) is 7.74. The van der Waals surface area contributed by atoms with Gasteiger partial charge in [-0.05, 0) is 32.0 Å². The number of hydrogen-bond donors (Lipinski definition) is 1. The van der Waals surface area contributed by atoms with Crippen molar-refractivity contribution in [1.82, 2.24) is 5.06 Å². The third-order valence-electron chi connectivity index (χ3n) is 3.51. The zero-order chi connectivity index (χ0) is 17.7. The van der Waals surface area contributed by atoms with Gasteiger partial charge in [-0.15, -0.1) is 0 Å². The van der Waals surface area contributed by atoms with Gasteiger partial charge >= 0.3 is 7.60 Å². The van der Waals surface area contributed by atoms with Crippen LogP contribution in [0, 0.1) is 5.82 Å². The van der Waals surface area contributed by atoms with Crippen LogP contribution in [-0.4, -0.2) is 43.1 Å². The van der Waals surface area contributed by atoms with E-state index < -0.39 is 31.2 Å². The molecule has 1 fully saturated rings. The average Bonchev–Trinajstić information content (AvgIpc) is 2.90. The van der Waals surface area contributed by atoms with E-state index in [0.717, 1.165) is 0 Å². The van der Waals surface area contributed by atoms with Crippen molar-refractivity contribution in [2.24, 2.45) is 0 Å². The minimum absolute atomic E-state index is 0.148. The number of hydroxylamine groups is 2. The Labute approximate surface area is 140 Å². The summed E-state index contributed by atoms with van der Waals surface area (Å²) in [6.45, 7) is 3.88. The van der Waals surface area contributed by atoms with E-state index >= 15 is 0 Å². The third-order valence-corrected chi connectivity index (χ3v) is 6.01. The second-order valence-corrected chi connectivity index (χ2v) is 7.42. The van der Waals surface area contributed by atoms with Crippen molar-refractivity contribution >= 4 is 19.2 Å². The van der Waals surface area contributed by atoms with Crippen molar-refractivity contribution in [3.63, 3.8) is 0 Å². The third kappa shape index (κ3) is 4.40. The van der Waals surface area contributed by atoms with E-state index in [9.17, 15) is 13.8 Å². The molecule has 0 unspecified atom stereocenters. The molecule has 1 aliphatic rings. The fourth-order valence-electron chi connectivity index (χ4n) is 2.50. The van der Waals surface area contributed by atoms with Crippen LogP contribution in [0.4, 0.5) is 10.1 Å². The zero-order valence-corrected chi connectivity index (χ0v) is 14.8. The van der Waals surface area contributed by atoms with E-state index in [1.165, 1.54) is 23.3 Å². The van der Waals surface area contributed by atoms with E-state index in [2.05, 4.69) is 5.32 Å². The number of amides is 1. The van der Waals surface area contributed by atoms with Gasteiger partial charge in [0, 0.05) is 19.2 Å². The van der Waals surface area contributed by atoms with Gasteiger partial charge in [-0.3, -0.25) is 14.2 Å². The highest BCUT2D eigenvalue weighted by molar-refractivity contribution is 7.54. The molecule has 0 spiro atoms. The van der Waals surface area contributed by atoms with Crippen LogP contribution in [0.3, 0.4) is 0 Å². The molecular weight excluding hydrogens is 338 g/mol. The molecule has 1 N–H and O–H groups in total. The van der Waals surface area contributed by atoms with Crippen molar-refractivity contribution < 1.29 is 27.6 Å². The number of hydrogen-bond acceptors (Lipinski definition) is 6. The second-order valence-electron chi connectivity index (χ2n) is 5.23. The Balaban J connectivity index is 2.06. The van der Waals surface area contributed by atoms with Gasteiger partial charge in [-0.1, -0.05) is 6.07 Å². The molecular formula is C15H22FN2O5P. The maximum absolute atomic E-state index is 13.2. The number of benzene rings is 1. The molecule has 1 aromatic carbocycles. The van der Waals surface area contributed by atoms with Crippen LogP contribution in [0.25, 0.3) is 0 Å². The zero-order valence-electron chi connectivity index (χ0n) is 13.9. The predicted molar refractivity (Wildman–Crippen MR) is 86.9 cm³/mol. The lowest BCUT2D eigenvalue weighted by atomic mass is 10.2. The summed E-state index contributed by atoms with van der Waals surface area (Å²) in [6.07, 6.45) is -0.716. The lowest BCUT2D eigenvalue weighted by molar-refractivity contribution is -0.155. The van der Waals surface area contributed by atoms with Crippen molar-refractivity contribution in [3.8, 4) is 0 Å². The van der Waals surface area contributed by atoms with Crippen LogP contribution in [0.1, 0.15) is 20.3 Å². The number of anilines is 1. The topological polar surface area (TPSA) is 77.1 Å². The van der Waals surface area contributed by atoms with Gasteiger partial charge in [0.2, 0.25) is 0 Å². The quantitative estimate of drug-likeness (QED) is 0.754. The first kappa shape index (κ1) is 19.0. The standard InChI is InChI=1S/C15H22FN2O5P/c1-4-21-24(20,22-5-2)14-10-13(23-18(14)3)15(19)17-12-8-6-7-11(16)9-12/h6-9,13-14H,4-5,10H2,1-3H3,(H,17,19)/t13-,14+/m0/s1. The maximum atomic E-state index is 13.2. The van der Waals surface area contributed by atoms with E-state index in [0.29, 0.717) is 5.69 Å². The van der Waals surface area contributed by atoms with Crippen molar-refractivity contribution in [2.45, 2.75) is 32.2 Å². The van der Waals surface area contributed by atoms with E-state index in [4.69, 9.17) is 13.9 Å². The Kier molecular flexibility index (Phi) is 6.48. The largest absolute Gasteiger partial charge is 0.350 e. The molecule has 0 aromatic heterocycles. The van der Waals surface area contributed by atoms with Gasteiger partial charge in [0.25, 0.3) is 5.91 Å². The molecule has 24 heavy (non-hydrogen) atoms. The van der Waals surface area contributed by atoms with Gasteiger partial charge in [0.1, 0.15) is 11.6 Å². The van der Waals surface area contributed by atoms with Crippen LogP contribution in [0.2, 0.25) is 0 Å². The number of nitrogens with zero attached hydrogens (tertiary/aromatic N) is 1. The van der Waals surface area contributed by atoms with Crippen molar-refractivity contribution in [1.29, 1.82) is 0 Å². The predicted octanol–water partition coefficient (Wildman–Crippen LogP) is 2.99. The molecule has 1 heterocycles. The smallest absolute Gasteiger partial charge is 0.324 e. The molecule has 2 rings (SSSR count). The highest BCUT2D eigenvalue weighted by Crippen LogP contribution is 2.57.